The second kappa shape index (κ2) is 5.82. The van der Waals surface area contributed by atoms with Gasteiger partial charge in [-0.1, -0.05) is 6.08 Å². The molecule has 0 aromatic rings. The summed E-state index contributed by atoms with van der Waals surface area (Å²) >= 11 is 0. The fourth-order valence-corrected chi connectivity index (χ4v) is 3.65. The third-order valence-electron chi connectivity index (χ3n) is 5.18. The van der Waals surface area contributed by atoms with Gasteiger partial charge >= 0.3 is 11.9 Å². The van der Waals surface area contributed by atoms with Crippen molar-refractivity contribution in [2.45, 2.75) is 70.0 Å². The van der Waals surface area contributed by atoms with Gasteiger partial charge in [0.2, 0.25) is 0 Å². The fraction of sp³-hybridized carbons (Fsp3) is 0.765. The van der Waals surface area contributed by atoms with Gasteiger partial charge in [-0.3, -0.25) is 9.59 Å². The molecule has 0 aliphatic heterocycles. The van der Waals surface area contributed by atoms with Crippen LogP contribution < -0.4 is 0 Å². The maximum atomic E-state index is 12.5. The number of allylic oxidation sites excluding steroid dienone is 1. The Morgan fingerprint density at radius 1 is 0.905 bits per heavy atom. The second-order valence-corrected chi connectivity index (χ2v) is 6.64. The van der Waals surface area contributed by atoms with Crippen LogP contribution in [0, 0.1) is 11.3 Å². The minimum atomic E-state index is -1.09. The Balaban J connectivity index is 1.65. The van der Waals surface area contributed by atoms with Gasteiger partial charge in [0.15, 0.2) is 5.41 Å². The Morgan fingerprint density at radius 3 is 1.67 bits per heavy atom. The number of esters is 2. The number of carbonyl (C=O) groups is 2. The minimum absolute atomic E-state index is 0.0141. The monoisotopic (exact) mass is 292 g/mol. The molecule has 3 saturated carbocycles. The highest BCUT2D eigenvalue weighted by Gasteiger charge is 2.67. The van der Waals surface area contributed by atoms with E-state index in [1.165, 1.54) is 0 Å². The van der Waals surface area contributed by atoms with Crippen molar-refractivity contribution in [3.63, 3.8) is 0 Å². The van der Waals surface area contributed by atoms with Crippen LogP contribution in [-0.2, 0) is 19.1 Å². The molecule has 3 rings (SSSR count). The lowest BCUT2D eigenvalue weighted by atomic mass is 10.0. The maximum Gasteiger partial charge on any atom is 0.324 e. The summed E-state index contributed by atoms with van der Waals surface area (Å²) < 4.78 is 11.1. The molecule has 1 atom stereocenters. The van der Waals surface area contributed by atoms with E-state index in [9.17, 15) is 9.59 Å². The Hall–Kier alpha value is -1.32. The first-order valence-electron chi connectivity index (χ1n) is 8.21. The van der Waals surface area contributed by atoms with Gasteiger partial charge < -0.3 is 9.47 Å². The zero-order valence-corrected chi connectivity index (χ0v) is 12.5. The molecule has 0 aromatic heterocycles. The molecule has 0 aromatic carbocycles. The highest BCUT2D eigenvalue weighted by Crippen LogP contribution is 2.56. The SMILES string of the molecule is C=CC1CC1(C(=O)OC1CCCC1)C(=O)OC1CCCC1. The Morgan fingerprint density at radius 2 is 1.33 bits per heavy atom. The van der Waals surface area contributed by atoms with E-state index < -0.39 is 5.41 Å². The van der Waals surface area contributed by atoms with E-state index >= 15 is 0 Å². The summed E-state index contributed by atoms with van der Waals surface area (Å²) in [5.74, 6) is -0.898. The molecule has 0 saturated heterocycles. The summed E-state index contributed by atoms with van der Waals surface area (Å²) in [6, 6.07) is 0. The Kier molecular flexibility index (Phi) is 4.05. The summed E-state index contributed by atoms with van der Waals surface area (Å²) in [6.07, 6.45) is 10.2. The second-order valence-electron chi connectivity index (χ2n) is 6.64. The van der Waals surface area contributed by atoms with Crippen LogP contribution in [0.2, 0.25) is 0 Å². The van der Waals surface area contributed by atoms with Crippen molar-refractivity contribution >= 4 is 11.9 Å². The van der Waals surface area contributed by atoms with Gasteiger partial charge in [0.25, 0.3) is 0 Å². The van der Waals surface area contributed by atoms with Crippen molar-refractivity contribution in [1.82, 2.24) is 0 Å². The predicted octanol–water partition coefficient (Wildman–Crippen LogP) is 3.15. The van der Waals surface area contributed by atoms with Crippen LogP contribution in [0.25, 0.3) is 0 Å². The van der Waals surface area contributed by atoms with Crippen LogP contribution in [0.4, 0.5) is 0 Å². The van der Waals surface area contributed by atoms with Gasteiger partial charge in [0, 0.05) is 5.92 Å². The fourth-order valence-electron chi connectivity index (χ4n) is 3.65. The Labute approximate surface area is 125 Å². The van der Waals surface area contributed by atoms with Gasteiger partial charge in [-0.05, 0) is 57.8 Å². The summed E-state index contributed by atoms with van der Waals surface area (Å²) in [7, 11) is 0. The molecule has 4 nitrogen and oxygen atoms in total. The van der Waals surface area contributed by atoms with Crippen LogP contribution >= 0.6 is 0 Å². The Bertz CT molecular complexity index is 400. The molecule has 21 heavy (non-hydrogen) atoms. The average molecular weight is 292 g/mol. The van der Waals surface area contributed by atoms with Crippen LogP contribution in [0.15, 0.2) is 12.7 Å². The molecule has 1 unspecified atom stereocenters. The molecule has 0 amide bonds. The molecule has 3 aliphatic carbocycles. The van der Waals surface area contributed by atoms with Gasteiger partial charge in [0.1, 0.15) is 12.2 Å². The number of ether oxygens (including phenoxy) is 2. The first-order chi connectivity index (χ1) is 10.2. The molecule has 0 bridgehead atoms. The molecule has 0 heterocycles. The molecule has 3 aliphatic rings. The van der Waals surface area contributed by atoms with E-state index in [1.54, 1.807) is 6.08 Å². The summed E-state index contributed by atoms with van der Waals surface area (Å²) in [6.45, 7) is 3.73. The van der Waals surface area contributed by atoms with Crippen molar-refractivity contribution in [3.8, 4) is 0 Å². The first-order valence-corrected chi connectivity index (χ1v) is 8.21. The number of carbonyl (C=O) groups excluding carboxylic acids is 2. The molecular weight excluding hydrogens is 268 g/mol. The predicted molar refractivity (Wildman–Crippen MR) is 77.4 cm³/mol. The lowest BCUT2D eigenvalue weighted by molar-refractivity contribution is -0.171. The third kappa shape index (κ3) is 2.72. The molecule has 0 N–H and O–H groups in total. The number of hydrogen-bond donors (Lipinski definition) is 0. The standard InChI is InChI=1S/C17H24O4/c1-2-12-11-17(12,15(18)20-13-7-3-4-8-13)16(19)21-14-9-5-6-10-14/h2,12-14H,1,3-11H2. The highest BCUT2D eigenvalue weighted by molar-refractivity contribution is 6.04. The van der Waals surface area contributed by atoms with E-state index in [4.69, 9.17) is 9.47 Å². The van der Waals surface area contributed by atoms with Crippen molar-refractivity contribution < 1.29 is 19.1 Å². The van der Waals surface area contributed by atoms with Crippen molar-refractivity contribution in [2.24, 2.45) is 11.3 Å². The van der Waals surface area contributed by atoms with E-state index in [0.29, 0.717) is 6.42 Å². The van der Waals surface area contributed by atoms with Gasteiger partial charge in [0.05, 0.1) is 0 Å². The smallest absolute Gasteiger partial charge is 0.324 e. The van der Waals surface area contributed by atoms with Gasteiger partial charge in [-0.25, -0.2) is 0 Å². The summed E-state index contributed by atoms with van der Waals surface area (Å²) in [4.78, 5) is 25.0. The number of hydrogen-bond acceptors (Lipinski definition) is 4. The topological polar surface area (TPSA) is 52.6 Å². The summed E-state index contributed by atoms with van der Waals surface area (Å²) in [5, 5.41) is 0. The highest BCUT2D eigenvalue weighted by atomic mass is 16.6. The summed E-state index contributed by atoms with van der Waals surface area (Å²) in [5.41, 5.74) is -1.09. The quantitative estimate of drug-likeness (QED) is 0.444. The average Bonchev–Trinajstić information content (AvgIpc) is 2.82. The third-order valence-corrected chi connectivity index (χ3v) is 5.18. The molecule has 116 valence electrons. The minimum Gasteiger partial charge on any atom is -0.462 e. The normalized spacial score (nSPS) is 28.3. The van der Waals surface area contributed by atoms with Crippen LogP contribution in [0.3, 0.4) is 0 Å². The zero-order chi connectivity index (χ0) is 14.9. The first kappa shape index (κ1) is 14.6. The molecular formula is C17H24O4. The van der Waals surface area contributed by atoms with Crippen LogP contribution in [0.5, 0.6) is 0 Å². The van der Waals surface area contributed by atoms with E-state index in [1.807, 2.05) is 0 Å². The zero-order valence-electron chi connectivity index (χ0n) is 12.5. The van der Waals surface area contributed by atoms with Gasteiger partial charge in [-0.15, -0.1) is 6.58 Å². The van der Waals surface area contributed by atoms with Crippen molar-refractivity contribution in [1.29, 1.82) is 0 Å². The largest absolute Gasteiger partial charge is 0.462 e. The van der Waals surface area contributed by atoms with E-state index in [-0.39, 0.29) is 30.1 Å². The molecule has 0 spiro atoms. The lowest BCUT2D eigenvalue weighted by Crippen LogP contribution is -2.35. The molecule has 0 radical (unpaired) electrons. The molecule has 3 fully saturated rings. The molecule has 4 heteroatoms. The van der Waals surface area contributed by atoms with E-state index in [2.05, 4.69) is 6.58 Å². The van der Waals surface area contributed by atoms with Crippen molar-refractivity contribution in [2.75, 3.05) is 0 Å². The van der Waals surface area contributed by atoms with Crippen LogP contribution in [-0.4, -0.2) is 24.1 Å². The van der Waals surface area contributed by atoms with E-state index in [0.717, 1.165) is 51.4 Å². The van der Waals surface area contributed by atoms with Crippen molar-refractivity contribution in [3.05, 3.63) is 12.7 Å². The maximum absolute atomic E-state index is 12.5. The lowest BCUT2D eigenvalue weighted by Gasteiger charge is -2.20. The number of rotatable bonds is 5. The van der Waals surface area contributed by atoms with Crippen LogP contribution in [0.1, 0.15) is 57.8 Å². The van der Waals surface area contributed by atoms with Gasteiger partial charge in [-0.2, -0.15) is 0 Å².